The highest BCUT2D eigenvalue weighted by Crippen LogP contribution is 2.43. The molecule has 1 aromatic carbocycles. The van der Waals surface area contributed by atoms with E-state index in [1.807, 2.05) is 19.1 Å². The molecule has 0 atom stereocenters. The lowest BCUT2D eigenvalue weighted by molar-refractivity contribution is -0.137. The smallest absolute Gasteiger partial charge is 0.421 e. The van der Waals surface area contributed by atoms with Crippen LogP contribution in [0, 0.1) is 13.8 Å². The number of hydrogen-bond acceptors (Lipinski definition) is 6. The number of nitrogens with zero attached hydrogens (tertiary/aromatic N) is 4. The zero-order chi connectivity index (χ0) is 24.0. The van der Waals surface area contributed by atoms with Crippen molar-refractivity contribution in [3.05, 3.63) is 77.1 Å². The first-order valence-electron chi connectivity index (χ1n) is 10.3. The Morgan fingerprint density at radius 1 is 1.21 bits per heavy atom. The molecule has 0 unspecified atom stereocenters. The second-order valence-electron chi connectivity index (χ2n) is 7.89. The van der Waals surface area contributed by atoms with Gasteiger partial charge in [0.15, 0.2) is 0 Å². The maximum absolute atomic E-state index is 14.2. The molecule has 0 radical (unpaired) electrons. The number of oxazole rings is 1. The number of carbonyl (C=O) groups is 1. The van der Waals surface area contributed by atoms with E-state index in [0.29, 0.717) is 16.6 Å². The molecule has 5 rings (SSSR count). The van der Waals surface area contributed by atoms with E-state index in [9.17, 15) is 18.0 Å². The van der Waals surface area contributed by atoms with Gasteiger partial charge in [-0.05, 0) is 37.1 Å². The summed E-state index contributed by atoms with van der Waals surface area (Å²) in [7, 11) is 0. The summed E-state index contributed by atoms with van der Waals surface area (Å²) in [6, 6.07) is 5.21. The topological polar surface area (TPSA) is 99.0 Å². The van der Waals surface area contributed by atoms with E-state index in [1.165, 1.54) is 23.2 Å². The highest BCUT2D eigenvalue weighted by molar-refractivity contribution is 6.10. The van der Waals surface area contributed by atoms with Crippen LogP contribution in [-0.2, 0) is 19.3 Å². The van der Waals surface area contributed by atoms with Crippen molar-refractivity contribution in [2.24, 2.45) is 0 Å². The molecule has 1 N–H and O–H groups in total. The van der Waals surface area contributed by atoms with E-state index in [1.54, 1.807) is 19.3 Å². The zero-order valence-corrected chi connectivity index (χ0v) is 18.1. The lowest BCUT2D eigenvalue weighted by Crippen LogP contribution is -2.25. The van der Waals surface area contributed by atoms with Crippen molar-refractivity contribution in [1.82, 2.24) is 25.1 Å². The molecule has 5 aromatic rings. The van der Waals surface area contributed by atoms with Crippen LogP contribution in [0.3, 0.4) is 0 Å². The minimum absolute atomic E-state index is 0.0719. The van der Waals surface area contributed by atoms with Gasteiger partial charge in [-0.3, -0.25) is 14.5 Å². The molecule has 34 heavy (non-hydrogen) atoms. The molecule has 0 saturated heterocycles. The van der Waals surface area contributed by atoms with E-state index in [-0.39, 0.29) is 35.5 Å². The van der Waals surface area contributed by atoms with Gasteiger partial charge in [-0.15, -0.1) is 0 Å². The number of alkyl halides is 3. The van der Waals surface area contributed by atoms with E-state index >= 15 is 0 Å². The maximum Gasteiger partial charge on any atom is 0.421 e. The Labute approximate surface area is 190 Å². The van der Waals surface area contributed by atoms with Crippen molar-refractivity contribution in [2.45, 2.75) is 33.1 Å². The van der Waals surface area contributed by atoms with Crippen LogP contribution >= 0.6 is 0 Å². The van der Waals surface area contributed by atoms with Gasteiger partial charge in [0.2, 0.25) is 11.7 Å². The Kier molecular flexibility index (Phi) is 5.11. The molecule has 11 heteroatoms. The lowest BCUT2D eigenvalue weighted by Gasteiger charge is -2.07. The average molecular weight is 469 g/mol. The molecule has 0 fully saturated rings. The van der Waals surface area contributed by atoms with Crippen LogP contribution < -0.4 is 5.32 Å². The quantitative estimate of drug-likeness (QED) is 0.398. The normalized spacial score (nSPS) is 12.0. The van der Waals surface area contributed by atoms with Gasteiger partial charge in [0.05, 0.1) is 30.4 Å². The highest BCUT2D eigenvalue weighted by atomic mass is 19.4. The molecule has 0 aliphatic heterocycles. The number of pyridine rings is 1. The number of aryl methyl sites for hydroxylation is 2. The van der Waals surface area contributed by atoms with Crippen molar-refractivity contribution in [3.8, 4) is 0 Å². The summed E-state index contributed by atoms with van der Waals surface area (Å²) in [5.41, 5.74) is 1.23. The van der Waals surface area contributed by atoms with E-state index in [2.05, 4.69) is 20.4 Å². The van der Waals surface area contributed by atoms with Crippen LogP contribution in [0.5, 0.6) is 0 Å². The zero-order valence-electron chi connectivity index (χ0n) is 18.1. The standard InChI is InChI=1S/C23H18F3N5O3/c1-12-3-4-14(28-8-12)10-31-11-15-13(2)7-16-18(20(15)30-31)19(23(24,25)26)21(34-16)22(32)29-9-17-27-5-6-33-17/h3-8,11H,9-10H2,1-2H3,(H,29,32). The number of amides is 1. The van der Waals surface area contributed by atoms with Gasteiger partial charge in [-0.1, -0.05) is 6.07 Å². The predicted molar refractivity (Wildman–Crippen MR) is 115 cm³/mol. The number of nitrogens with one attached hydrogen (secondary N) is 1. The van der Waals surface area contributed by atoms with Crippen molar-refractivity contribution in [2.75, 3.05) is 0 Å². The summed E-state index contributed by atoms with van der Waals surface area (Å²) >= 11 is 0. The molecule has 4 heterocycles. The maximum atomic E-state index is 14.2. The molecule has 0 spiro atoms. The third kappa shape index (κ3) is 3.89. The Morgan fingerprint density at radius 2 is 2.03 bits per heavy atom. The van der Waals surface area contributed by atoms with E-state index < -0.39 is 23.4 Å². The molecule has 0 aliphatic rings. The summed E-state index contributed by atoms with van der Waals surface area (Å²) < 4.78 is 54.6. The number of halogens is 3. The Morgan fingerprint density at radius 3 is 2.71 bits per heavy atom. The van der Waals surface area contributed by atoms with Crippen LogP contribution in [0.15, 0.2) is 51.9 Å². The molecule has 1 amide bonds. The van der Waals surface area contributed by atoms with Gasteiger partial charge < -0.3 is 14.2 Å². The van der Waals surface area contributed by atoms with Crippen LogP contribution in [0.4, 0.5) is 13.2 Å². The number of hydrogen-bond donors (Lipinski definition) is 1. The van der Waals surface area contributed by atoms with Gasteiger partial charge >= 0.3 is 6.18 Å². The third-order valence-electron chi connectivity index (χ3n) is 5.38. The van der Waals surface area contributed by atoms with E-state index in [0.717, 1.165) is 5.56 Å². The fourth-order valence-corrected chi connectivity index (χ4v) is 3.80. The molecule has 4 aromatic heterocycles. The van der Waals surface area contributed by atoms with Crippen LogP contribution in [0.25, 0.3) is 21.9 Å². The number of furan rings is 1. The largest absolute Gasteiger partial charge is 0.450 e. The van der Waals surface area contributed by atoms with Crippen LogP contribution in [-0.4, -0.2) is 25.7 Å². The molecular weight excluding hydrogens is 451 g/mol. The second kappa shape index (κ2) is 8.01. The fourth-order valence-electron chi connectivity index (χ4n) is 3.80. The van der Waals surface area contributed by atoms with Crippen LogP contribution in [0.1, 0.15) is 38.8 Å². The monoisotopic (exact) mass is 469 g/mol. The van der Waals surface area contributed by atoms with Crippen molar-refractivity contribution < 1.29 is 26.8 Å². The first-order valence-corrected chi connectivity index (χ1v) is 10.3. The van der Waals surface area contributed by atoms with Crippen molar-refractivity contribution in [1.29, 1.82) is 0 Å². The van der Waals surface area contributed by atoms with Gasteiger partial charge in [-0.2, -0.15) is 18.3 Å². The number of carbonyl (C=O) groups excluding carboxylic acids is 1. The number of benzene rings is 1. The minimum Gasteiger partial charge on any atom is -0.450 e. The van der Waals surface area contributed by atoms with Gasteiger partial charge in [0, 0.05) is 17.8 Å². The predicted octanol–water partition coefficient (Wildman–Crippen LogP) is 4.78. The summed E-state index contributed by atoms with van der Waals surface area (Å²) in [5, 5.41) is 7.04. The van der Waals surface area contributed by atoms with Gasteiger partial charge in [-0.25, -0.2) is 4.98 Å². The van der Waals surface area contributed by atoms with Crippen LogP contribution in [0.2, 0.25) is 0 Å². The minimum atomic E-state index is -4.86. The fraction of sp³-hybridized carbons (Fsp3) is 0.217. The summed E-state index contributed by atoms with van der Waals surface area (Å²) in [5.74, 6) is -1.72. The second-order valence-corrected chi connectivity index (χ2v) is 7.89. The van der Waals surface area contributed by atoms with E-state index in [4.69, 9.17) is 8.83 Å². The third-order valence-corrected chi connectivity index (χ3v) is 5.38. The molecule has 0 bridgehead atoms. The lowest BCUT2D eigenvalue weighted by atomic mass is 10.0. The van der Waals surface area contributed by atoms with Gasteiger partial charge in [0.25, 0.3) is 5.91 Å². The first kappa shape index (κ1) is 21.7. The molecular formula is C23H18F3N5O3. The average Bonchev–Trinajstić information content (AvgIpc) is 3.51. The first-order chi connectivity index (χ1) is 16.2. The number of rotatable bonds is 5. The van der Waals surface area contributed by atoms with Gasteiger partial charge in [0.1, 0.15) is 22.9 Å². The molecule has 0 saturated carbocycles. The Bertz CT molecular complexity index is 1500. The number of fused-ring (bicyclic) bond motifs is 3. The van der Waals surface area contributed by atoms with Crippen molar-refractivity contribution >= 4 is 27.8 Å². The summed E-state index contributed by atoms with van der Waals surface area (Å²) in [4.78, 5) is 20.8. The SMILES string of the molecule is Cc1ccc(Cn2cc3c(C)cc4oc(C(=O)NCc5ncco5)c(C(F)(F)F)c4c3n2)nc1. The number of aromatic nitrogens is 4. The highest BCUT2D eigenvalue weighted by Gasteiger charge is 2.42. The molecule has 0 aliphatic carbocycles. The molecule has 8 nitrogen and oxygen atoms in total. The Hall–Kier alpha value is -4.15. The summed E-state index contributed by atoms with van der Waals surface area (Å²) in [6.07, 6.45) is 1.19. The Balaban J connectivity index is 1.61. The summed E-state index contributed by atoms with van der Waals surface area (Å²) in [6.45, 7) is 3.75. The molecule has 174 valence electrons. The van der Waals surface area contributed by atoms with Crippen molar-refractivity contribution in [3.63, 3.8) is 0 Å².